The maximum atomic E-state index is 13.5. The van der Waals surface area contributed by atoms with Crippen molar-refractivity contribution in [3.05, 3.63) is 125 Å². The minimum atomic E-state index is -0.818. The number of carbonyl (C=O) groups is 2. The van der Waals surface area contributed by atoms with Crippen molar-refractivity contribution in [3.63, 3.8) is 0 Å². The molecule has 37 heavy (non-hydrogen) atoms. The molecule has 6 heteroatoms. The van der Waals surface area contributed by atoms with E-state index in [1.165, 1.54) is 24.3 Å². The van der Waals surface area contributed by atoms with Gasteiger partial charge in [-0.2, -0.15) is 0 Å². The lowest BCUT2D eigenvalue weighted by Gasteiger charge is -2.48. The summed E-state index contributed by atoms with van der Waals surface area (Å²) in [6.45, 7) is 0. The molecule has 0 saturated carbocycles. The Morgan fingerprint density at radius 1 is 0.838 bits per heavy atom. The number of amides is 1. The molecule has 1 N–H and O–H groups in total. The van der Waals surface area contributed by atoms with Crippen LogP contribution in [0.15, 0.2) is 97.1 Å². The van der Waals surface area contributed by atoms with Crippen molar-refractivity contribution in [1.29, 1.82) is 0 Å². The molecule has 4 nitrogen and oxygen atoms in total. The van der Waals surface area contributed by atoms with Crippen molar-refractivity contribution in [1.82, 2.24) is 0 Å². The minimum Gasteiger partial charge on any atom is -0.388 e. The highest BCUT2D eigenvalue weighted by Crippen LogP contribution is 2.46. The van der Waals surface area contributed by atoms with E-state index < -0.39 is 6.10 Å². The van der Waals surface area contributed by atoms with E-state index in [9.17, 15) is 23.5 Å². The molecule has 0 aliphatic carbocycles. The monoisotopic (exact) mass is 497 g/mol. The number of β-lactam (4-membered cyclic amide) rings is 1. The van der Waals surface area contributed by atoms with Gasteiger partial charge in [-0.1, -0.05) is 54.6 Å². The second kappa shape index (κ2) is 10.4. The number of halogens is 2. The molecule has 0 spiro atoms. The van der Waals surface area contributed by atoms with Crippen molar-refractivity contribution >= 4 is 17.9 Å². The maximum absolute atomic E-state index is 13.5. The van der Waals surface area contributed by atoms with E-state index in [2.05, 4.69) is 0 Å². The molecule has 0 aromatic heterocycles. The molecule has 1 amide bonds. The van der Waals surface area contributed by atoms with Gasteiger partial charge in [0.25, 0.3) is 0 Å². The molecule has 186 valence electrons. The second-order valence-corrected chi connectivity index (χ2v) is 9.25. The van der Waals surface area contributed by atoms with Gasteiger partial charge in [-0.05, 0) is 77.6 Å². The third-order valence-electron chi connectivity index (χ3n) is 6.93. The number of anilines is 1. The van der Waals surface area contributed by atoms with Gasteiger partial charge in [0.05, 0.1) is 18.1 Å². The van der Waals surface area contributed by atoms with Crippen LogP contribution in [0.3, 0.4) is 0 Å². The summed E-state index contributed by atoms with van der Waals surface area (Å²) in [6.07, 6.45) is 0.764. The van der Waals surface area contributed by atoms with Crippen LogP contribution in [-0.4, -0.2) is 17.3 Å². The fourth-order valence-electron chi connectivity index (χ4n) is 4.95. The molecule has 5 rings (SSSR count). The molecule has 2 unspecified atom stereocenters. The van der Waals surface area contributed by atoms with Gasteiger partial charge in [0.15, 0.2) is 0 Å². The molecule has 0 bridgehead atoms. The number of hydrogen-bond donors (Lipinski definition) is 1. The van der Waals surface area contributed by atoms with E-state index in [-0.39, 0.29) is 29.5 Å². The average Bonchev–Trinajstić information content (AvgIpc) is 2.93. The van der Waals surface area contributed by atoms with Crippen LogP contribution in [-0.2, 0) is 4.79 Å². The van der Waals surface area contributed by atoms with Crippen LogP contribution in [0, 0.1) is 17.6 Å². The SMILES string of the molecule is O=Cc1cccc(-c2ccc([C@@H]3C(CCC(O)c4ccc(F)cc4)C(=O)N3c3ccc(F)cc3)cc2)c1. The summed E-state index contributed by atoms with van der Waals surface area (Å²) in [6, 6.07) is 26.4. The number of aliphatic hydroxyl groups is 1. The first-order valence-electron chi connectivity index (χ1n) is 12.1. The number of benzene rings is 4. The Balaban J connectivity index is 1.40. The van der Waals surface area contributed by atoms with Crippen LogP contribution in [0.4, 0.5) is 14.5 Å². The lowest BCUT2D eigenvalue weighted by Crippen LogP contribution is -2.55. The largest absolute Gasteiger partial charge is 0.388 e. The van der Waals surface area contributed by atoms with Gasteiger partial charge in [0, 0.05) is 11.3 Å². The third-order valence-corrected chi connectivity index (χ3v) is 6.93. The number of nitrogens with zero attached hydrogens (tertiary/aromatic N) is 1. The number of aliphatic hydroxyl groups excluding tert-OH is 1. The summed E-state index contributed by atoms with van der Waals surface area (Å²) in [5, 5.41) is 10.6. The lowest BCUT2D eigenvalue weighted by molar-refractivity contribution is -0.131. The lowest BCUT2D eigenvalue weighted by atomic mass is 9.78. The summed E-state index contributed by atoms with van der Waals surface area (Å²) in [5.74, 6) is -1.22. The summed E-state index contributed by atoms with van der Waals surface area (Å²) >= 11 is 0. The minimum absolute atomic E-state index is 0.0920. The van der Waals surface area contributed by atoms with E-state index in [0.29, 0.717) is 29.7 Å². The Hall–Kier alpha value is -4.16. The van der Waals surface area contributed by atoms with E-state index >= 15 is 0 Å². The van der Waals surface area contributed by atoms with Gasteiger partial charge in [0.1, 0.15) is 17.9 Å². The zero-order valence-corrected chi connectivity index (χ0v) is 19.9. The molecule has 1 aliphatic rings. The molecule has 1 aliphatic heterocycles. The van der Waals surface area contributed by atoms with Crippen LogP contribution >= 0.6 is 0 Å². The topological polar surface area (TPSA) is 57.6 Å². The molecule has 1 saturated heterocycles. The van der Waals surface area contributed by atoms with Crippen molar-refractivity contribution < 1.29 is 23.5 Å². The summed E-state index contributed by atoms with van der Waals surface area (Å²) < 4.78 is 26.8. The molecule has 1 heterocycles. The normalized spacial score (nSPS) is 17.8. The van der Waals surface area contributed by atoms with Crippen molar-refractivity contribution in [2.24, 2.45) is 5.92 Å². The molecular weight excluding hydrogens is 472 g/mol. The van der Waals surface area contributed by atoms with Gasteiger partial charge >= 0.3 is 0 Å². The molecule has 1 fully saturated rings. The number of rotatable bonds is 8. The van der Waals surface area contributed by atoms with Crippen LogP contribution in [0.2, 0.25) is 0 Å². The van der Waals surface area contributed by atoms with Crippen molar-refractivity contribution in [3.8, 4) is 11.1 Å². The molecule has 4 aromatic carbocycles. The maximum Gasteiger partial charge on any atom is 0.233 e. The highest BCUT2D eigenvalue weighted by molar-refractivity contribution is 6.03. The Kier molecular flexibility index (Phi) is 6.93. The fraction of sp³-hybridized carbons (Fsp3) is 0.161. The third kappa shape index (κ3) is 5.06. The van der Waals surface area contributed by atoms with Gasteiger partial charge in [-0.25, -0.2) is 8.78 Å². The predicted octanol–water partition coefficient (Wildman–Crippen LogP) is 6.66. The molecule has 3 atom stereocenters. The van der Waals surface area contributed by atoms with E-state index in [1.54, 1.807) is 35.2 Å². The Labute approximate surface area is 213 Å². The first-order chi connectivity index (χ1) is 17.9. The van der Waals surface area contributed by atoms with Crippen LogP contribution in [0.1, 0.15) is 46.5 Å². The Morgan fingerprint density at radius 2 is 1.49 bits per heavy atom. The Bertz CT molecular complexity index is 1400. The fourth-order valence-corrected chi connectivity index (χ4v) is 4.95. The average molecular weight is 498 g/mol. The summed E-state index contributed by atoms with van der Waals surface area (Å²) in [5.41, 5.74) is 4.57. The van der Waals surface area contributed by atoms with Crippen molar-refractivity contribution in [2.75, 3.05) is 4.90 Å². The van der Waals surface area contributed by atoms with E-state index in [1.807, 2.05) is 42.5 Å². The van der Waals surface area contributed by atoms with E-state index in [0.717, 1.165) is 23.0 Å². The zero-order chi connectivity index (χ0) is 25.9. The molecule has 0 radical (unpaired) electrons. The zero-order valence-electron chi connectivity index (χ0n) is 19.9. The van der Waals surface area contributed by atoms with Gasteiger partial charge in [-0.3, -0.25) is 9.59 Å². The summed E-state index contributed by atoms with van der Waals surface area (Å²) in [7, 11) is 0. The quantitative estimate of drug-likeness (QED) is 0.219. The van der Waals surface area contributed by atoms with E-state index in [4.69, 9.17) is 0 Å². The van der Waals surface area contributed by atoms with Gasteiger partial charge in [-0.15, -0.1) is 0 Å². The number of hydrogen-bond acceptors (Lipinski definition) is 3. The Morgan fingerprint density at radius 3 is 2.14 bits per heavy atom. The number of carbonyl (C=O) groups excluding carboxylic acids is 2. The molecule has 4 aromatic rings. The highest BCUT2D eigenvalue weighted by Gasteiger charge is 2.48. The van der Waals surface area contributed by atoms with Gasteiger partial charge < -0.3 is 10.0 Å². The number of aldehydes is 1. The molecular formula is C31H25F2NO3. The van der Waals surface area contributed by atoms with Gasteiger partial charge in [0.2, 0.25) is 5.91 Å². The predicted molar refractivity (Wildman–Crippen MR) is 138 cm³/mol. The van der Waals surface area contributed by atoms with Crippen LogP contribution in [0.25, 0.3) is 11.1 Å². The first kappa shape index (κ1) is 24.5. The standard InChI is InChI=1S/C31H25F2NO3/c32-25-10-8-22(9-11-25)29(36)17-16-28-30(34(31(28)37)27-14-12-26(33)13-15-27)23-6-4-21(5-7-23)24-3-1-2-20(18-24)19-35/h1-15,18-19,28-30,36H,16-17H2/t28?,29?,30-/m1/s1. The van der Waals surface area contributed by atoms with Crippen LogP contribution in [0.5, 0.6) is 0 Å². The summed E-state index contributed by atoms with van der Waals surface area (Å²) in [4.78, 5) is 26.1. The van der Waals surface area contributed by atoms with Crippen LogP contribution < -0.4 is 4.90 Å². The van der Waals surface area contributed by atoms with Crippen molar-refractivity contribution in [2.45, 2.75) is 25.0 Å². The first-order valence-corrected chi connectivity index (χ1v) is 12.1. The second-order valence-electron chi connectivity index (χ2n) is 9.25. The highest BCUT2D eigenvalue weighted by atomic mass is 19.1. The smallest absolute Gasteiger partial charge is 0.233 e.